The number of thiophene rings is 1. The van der Waals surface area contributed by atoms with Crippen LogP contribution in [0.1, 0.15) is 0 Å². The van der Waals surface area contributed by atoms with Crippen molar-refractivity contribution in [2.24, 2.45) is 0 Å². The number of para-hydroxylation sites is 2. The monoisotopic (exact) mass is 746 g/mol. The summed E-state index contributed by atoms with van der Waals surface area (Å²) in [5.74, 6) is 1.87. The fourth-order valence-corrected chi connectivity index (χ4v) is 9.68. The largest absolute Gasteiger partial charge is 0.456 e. The van der Waals surface area contributed by atoms with Gasteiger partial charge in [-0.1, -0.05) is 121 Å². The third kappa shape index (κ3) is 5.04. The van der Waals surface area contributed by atoms with Crippen LogP contribution in [0.5, 0.6) is 0 Å². The zero-order chi connectivity index (χ0) is 37.5. The second-order valence-corrected chi connectivity index (χ2v) is 15.4. The van der Waals surface area contributed by atoms with E-state index >= 15 is 0 Å². The summed E-state index contributed by atoms with van der Waals surface area (Å²) in [5, 5.41) is 7.02. The van der Waals surface area contributed by atoms with Crippen LogP contribution in [0, 0.1) is 0 Å². The van der Waals surface area contributed by atoms with E-state index in [4.69, 9.17) is 19.4 Å². The van der Waals surface area contributed by atoms with Gasteiger partial charge in [0.25, 0.3) is 0 Å². The molecule has 0 saturated heterocycles. The van der Waals surface area contributed by atoms with Gasteiger partial charge in [0.05, 0.1) is 11.0 Å². The number of furan rings is 1. The lowest BCUT2D eigenvalue weighted by Crippen LogP contribution is -2.00. The van der Waals surface area contributed by atoms with Crippen LogP contribution in [0.25, 0.3) is 115 Å². The molecule has 0 N–H and O–H groups in total. The van der Waals surface area contributed by atoms with Crippen LogP contribution >= 0.6 is 11.3 Å². The fraction of sp³-hybridized carbons (Fsp3) is 0. The lowest BCUT2D eigenvalue weighted by atomic mass is 9.97. The van der Waals surface area contributed by atoms with Gasteiger partial charge >= 0.3 is 0 Å². The van der Waals surface area contributed by atoms with Crippen molar-refractivity contribution >= 4 is 75.3 Å². The Morgan fingerprint density at radius 1 is 0.404 bits per heavy atom. The van der Waals surface area contributed by atoms with E-state index in [1.54, 1.807) is 11.3 Å². The summed E-state index contributed by atoms with van der Waals surface area (Å²) >= 11 is 1.77. The van der Waals surface area contributed by atoms with E-state index < -0.39 is 0 Å². The molecule has 0 aliphatic heterocycles. The highest BCUT2D eigenvalue weighted by molar-refractivity contribution is 7.26. The zero-order valence-corrected chi connectivity index (χ0v) is 31.2. The lowest BCUT2D eigenvalue weighted by molar-refractivity contribution is 0.669. The summed E-state index contributed by atoms with van der Waals surface area (Å²) in [6, 6.07) is 63.8. The quantitative estimate of drug-likeness (QED) is 0.176. The molecule has 0 atom stereocenters. The number of aromatic nitrogens is 4. The number of rotatable bonds is 5. The molecule has 5 nitrogen and oxygen atoms in total. The van der Waals surface area contributed by atoms with Crippen LogP contribution in [-0.2, 0) is 0 Å². The molecule has 6 heteroatoms. The van der Waals surface area contributed by atoms with Crippen molar-refractivity contribution in [3.63, 3.8) is 0 Å². The minimum absolute atomic E-state index is 0.597. The highest BCUT2D eigenvalue weighted by Crippen LogP contribution is 2.42. The van der Waals surface area contributed by atoms with Crippen LogP contribution in [0.4, 0.5) is 0 Å². The molecular formula is C51H30N4OS. The van der Waals surface area contributed by atoms with E-state index in [0.717, 1.165) is 60.1 Å². The van der Waals surface area contributed by atoms with Crippen LogP contribution < -0.4 is 0 Å². The maximum atomic E-state index is 6.64. The molecule has 0 bridgehead atoms. The summed E-state index contributed by atoms with van der Waals surface area (Å²) < 4.78 is 11.4. The molecule has 12 aromatic rings. The van der Waals surface area contributed by atoms with E-state index in [9.17, 15) is 0 Å². The third-order valence-corrected chi connectivity index (χ3v) is 12.3. The molecule has 266 valence electrons. The van der Waals surface area contributed by atoms with Crippen molar-refractivity contribution in [1.29, 1.82) is 0 Å². The molecular weight excluding hydrogens is 717 g/mol. The van der Waals surface area contributed by atoms with Gasteiger partial charge in [0.2, 0.25) is 0 Å². The summed E-state index contributed by atoms with van der Waals surface area (Å²) in [4.78, 5) is 15.3. The number of hydrogen-bond acceptors (Lipinski definition) is 5. The molecule has 12 rings (SSSR count). The van der Waals surface area contributed by atoms with Gasteiger partial charge in [-0.15, -0.1) is 11.3 Å². The maximum absolute atomic E-state index is 6.64. The van der Waals surface area contributed by atoms with Crippen molar-refractivity contribution in [3.05, 3.63) is 182 Å². The number of benzene rings is 8. The van der Waals surface area contributed by atoms with E-state index in [1.807, 2.05) is 30.3 Å². The summed E-state index contributed by atoms with van der Waals surface area (Å²) in [5.41, 5.74) is 10.2. The average Bonchev–Trinajstić information content (AvgIpc) is 3.96. The van der Waals surface area contributed by atoms with Crippen molar-refractivity contribution in [2.75, 3.05) is 0 Å². The normalized spacial score (nSPS) is 11.9. The van der Waals surface area contributed by atoms with E-state index in [0.29, 0.717) is 17.5 Å². The predicted molar refractivity (Wildman–Crippen MR) is 236 cm³/mol. The van der Waals surface area contributed by atoms with E-state index in [-0.39, 0.29) is 0 Å². The first-order valence-corrected chi connectivity index (χ1v) is 19.8. The Morgan fingerprint density at radius 3 is 1.95 bits per heavy atom. The summed E-state index contributed by atoms with van der Waals surface area (Å²) in [7, 11) is 0. The summed E-state index contributed by atoms with van der Waals surface area (Å²) in [6.45, 7) is 0. The van der Waals surface area contributed by atoms with Gasteiger partial charge in [-0.3, -0.25) is 0 Å². The van der Waals surface area contributed by atoms with Crippen molar-refractivity contribution in [2.45, 2.75) is 0 Å². The Morgan fingerprint density at radius 2 is 1.07 bits per heavy atom. The Labute approximate surface area is 330 Å². The van der Waals surface area contributed by atoms with Gasteiger partial charge in [0.15, 0.2) is 17.5 Å². The second-order valence-electron chi connectivity index (χ2n) is 14.4. The molecule has 4 aromatic heterocycles. The first-order chi connectivity index (χ1) is 28.2. The standard InChI is InChI=1S/C51H30N4OS/c1-3-13-31(14-4-1)49-52-50(54-51(53-49)40-21-11-20-38-37-18-8-10-24-46(37)57-48(38)40)33-25-27-39-45(30-33)56-44-23-12-19-35(47(39)44)32-26-28-43-41(29-32)36-17-7-9-22-42(36)55(43)34-15-5-2-6-16-34/h1-30H. The Bertz CT molecular complexity index is 3530. The third-order valence-electron chi connectivity index (χ3n) is 11.1. The van der Waals surface area contributed by atoms with Crippen molar-refractivity contribution < 1.29 is 4.42 Å². The molecule has 0 spiro atoms. The van der Waals surface area contributed by atoms with Gasteiger partial charge in [-0.05, 0) is 71.8 Å². The summed E-state index contributed by atoms with van der Waals surface area (Å²) in [6.07, 6.45) is 0. The zero-order valence-electron chi connectivity index (χ0n) is 30.4. The molecule has 0 radical (unpaired) electrons. The first-order valence-electron chi connectivity index (χ1n) is 19.0. The Hall–Kier alpha value is -7.41. The molecule has 0 saturated carbocycles. The van der Waals surface area contributed by atoms with E-state index in [2.05, 4.69) is 156 Å². The SMILES string of the molecule is c1ccc(-c2nc(-c3ccc4c(c3)oc3cccc(-c5ccc6c(c5)c5ccccc5n6-c5ccccc5)c34)nc(-c3cccc4c3sc3ccccc34)n2)cc1. The van der Waals surface area contributed by atoms with Gasteiger partial charge in [-0.25, -0.2) is 15.0 Å². The molecule has 0 unspecified atom stereocenters. The lowest BCUT2D eigenvalue weighted by Gasteiger charge is -2.09. The minimum Gasteiger partial charge on any atom is -0.456 e. The topological polar surface area (TPSA) is 56.7 Å². The highest BCUT2D eigenvalue weighted by atomic mass is 32.1. The molecule has 0 aliphatic rings. The molecule has 0 amide bonds. The highest BCUT2D eigenvalue weighted by Gasteiger charge is 2.20. The number of fused-ring (bicyclic) bond motifs is 9. The van der Waals surface area contributed by atoms with Gasteiger partial charge in [0, 0.05) is 64.1 Å². The fourth-order valence-electron chi connectivity index (χ4n) is 8.47. The van der Waals surface area contributed by atoms with Crippen molar-refractivity contribution in [1.82, 2.24) is 19.5 Å². The molecule has 8 aromatic carbocycles. The average molecular weight is 747 g/mol. The first kappa shape index (κ1) is 31.9. The van der Waals surface area contributed by atoms with Gasteiger partial charge in [-0.2, -0.15) is 0 Å². The second kappa shape index (κ2) is 12.6. The smallest absolute Gasteiger partial charge is 0.165 e. The Kier molecular flexibility index (Phi) is 7.03. The minimum atomic E-state index is 0.597. The molecule has 0 aliphatic carbocycles. The van der Waals surface area contributed by atoms with Crippen LogP contribution in [0.15, 0.2) is 186 Å². The van der Waals surface area contributed by atoms with Crippen LogP contribution in [0.2, 0.25) is 0 Å². The molecule has 57 heavy (non-hydrogen) atoms. The molecule has 0 fully saturated rings. The van der Waals surface area contributed by atoms with Gasteiger partial charge in [0.1, 0.15) is 11.2 Å². The predicted octanol–water partition coefficient (Wildman–Crippen LogP) is 13.9. The number of hydrogen-bond donors (Lipinski definition) is 0. The number of nitrogens with zero attached hydrogens (tertiary/aromatic N) is 4. The van der Waals surface area contributed by atoms with Gasteiger partial charge < -0.3 is 8.98 Å². The van der Waals surface area contributed by atoms with E-state index in [1.165, 1.54) is 37.3 Å². The maximum Gasteiger partial charge on any atom is 0.165 e. The molecule has 4 heterocycles. The van der Waals surface area contributed by atoms with Crippen molar-refractivity contribution in [3.8, 4) is 51.0 Å². The van der Waals surface area contributed by atoms with Crippen LogP contribution in [0.3, 0.4) is 0 Å². The van der Waals surface area contributed by atoms with Crippen LogP contribution in [-0.4, -0.2) is 19.5 Å². The Balaban J connectivity index is 1.02.